The summed E-state index contributed by atoms with van der Waals surface area (Å²) < 4.78 is 0. The fraction of sp³-hybridized carbons (Fsp3) is 0.333. The lowest BCUT2D eigenvalue weighted by Gasteiger charge is -2.15. The van der Waals surface area contributed by atoms with Crippen molar-refractivity contribution >= 4 is 11.9 Å². The van der Waals surface area contributed by atoms with E-state index in [9.17, 15) is 4.79 Å². The molecule has 1 aliphatic carbocycles. The number of rotatable bonds is 1. The number of aryl methyl sites for hydroxylation is 1. The van der Waals surface area contributed by atoms with Gasteiger partial charge in [-0.25, -0.2) is 9.97 Å². The van der Waals surface area contributed by atoms with Crippen LogP contribution in [0.5, 0.6) is 0 Å². The standard InChI is InChI=1S/C9H10N4O/c10-8(14)7-5-3-1-2-4-6(5)12-9(11)13-7/h2-4H2,(H2,10,14)(H2,11,12,13). The maximum Gasteiger partial charge on any atom is 0.267 e. The number of carbonyl (C=O) groups is 1. The van der Waals surface area contributed by atoms with Crippen molar-refractivity contribution in [1.29, 1.82) is 0 Å². The summed E-state index contributed by atoms with van der Waals surface area (Å²) in [7, 11) is 0. The van der Waals surface area contributed by atoms with Crippen LogP contribution in [0.3, 0.4) is 0 Å². The van der Waals surface area contributed by atoms with Crippen molar-refractivity contribution in [3.05, 3.63) is 23.4 Å². The number of nitrogens with two attached hydrogens (primary N) is 2. The molecule has 72 valence electrons. The number of amides is 1. The van der Waals surface area contributed by atoms with Gasteiger partial charge in [-0.15, -0.1) is 0 Å². The predicted molar refractivity (Wildman–Crippen MR) is 50.2 cm³/mol. The molecule has 5 nitrogen and oxygen atoms in total. The van der Waals surface area contributed by atoms with Gasteiger partial charge in [0.25, 0.3) is 5.91 Å². The highest BCUT2D eigenvalue weighted by Crippen LogP contribution is 2.21. The van der Waals surface area contributed by atoms with E-state index >= 15 is 0 Å². The molecule has 0 saturated heterocycles. The second kappa shape index (κ2) is 3.25. The number of anilines is 1. The van der Waals surface area contributed by atoms with Crippen LogP contribution in [-0.2, 0) is 12.8 Å². The molecule has 1 aromatic rings. The van der Waals surface area contributed by atoms with Gasteiger partial charge in [-0.05, 0) is 25.7 Å². The summed E-state index contributed by atoms with van der Waals surface area (Å²) in [6.45, 7) is 0. The van der Waals surface area contributed by atoms with Crippen molar-refractivity contribution in [2.45, 2.75) is 19.3 Å². The lowest BCUT2D eigenvalue weighted by molar-refractivity contribution is 0.0994. The minimum atomic E-state index is -0.556. The molecule has 0 spiro atoms. The molecule has 2 radical (unpaired) electrons. The quantitative estimate of drug-likeness (QED) is 0.637. The molecular weight excluding hydrogens is 180 g/mol. The Hall–Kier alpha value is -1.65. The second-order valence-electron chi connectivity index (χ2n) is 3.15. The summed E-state index contributed by atoms with van der Waals surface area (Å²) in [5, 5.41) is 0. The van der Waals surface area contributed by atoms with Crippen molar-refractivity contribution < 1.29 is 4.79 Å². The van der Waals surface area contributed by atoms with Crippen LogP contribution in [0.2, 0.25) is 0 Å². The van der Waals surface area contributed by atoms with E-state index in [-0.39, 0.29) is 11.6 Å². The highest BCUT2D eigenvalue weighted by atomic mass is 16.1. The Morgan fingerprint density at radius 1 is 1.43 bits per heavy atom. The number of aromatic nitrogens is 2. The summed E-state index contributed by atoms with van der Waals surface area (Å²) in [6.07, 6.45) is 5.29. The van der Waals surface area contributed by atoms with Gasteiger partial charge in [0.1, 0.15) is 5.69 Å². The molecule has 1 aromatic heterocycles. The van der Waals surface area contributed by atoms with Crippen LogP contribution in [0, 0.1) is 6.42 Å². The van der Waals surface area contributed by atoms with Crippen molar-refractivity contribution in [3.8, 4) is 0 Å². The van der Waals surface area contributed by atoms with E-state index in [0.29, 0.717) is 6.42 Å². The first-order valence-corrected chi connectivity index (χ1v) is 4.34. The van der Waals surface area contributed by atoms with Crippen LogP contribution in [0.4, 0.5) is 5.95 Å². The van der Waals surface area contributed by atoms with Crippen LogP contribution in [-0.4, -0.2) is 15.9 Å². The normalized spacial score (nSPS) is 14.9. The zero-order chi connectivity index (χ0) is 10.1. The third kappa shape index (κ3) is 1.41. The molecule has 1 aliphatic rings. The largest absolute Gasteiger partial charge is 0.368 e. The van der Waals surface area contributed by atoms with E-state index in [1.54, 1.807) is 0 Å². The number of fused-ring (bicyclic) bond motifs is 1. The number of carbonyl (C=O) groups excluding carboxylic acids is 1. The Bertz CT molecular complexity index is 389. The summed E-state index contributed by atoms with van der Waals surface area (Å²) >= 11 is 0. The van der Waals surface area contributed by atoms with Gasteiger partial charge in [-0.3, -0.25) is 4.79 Å². The van der Waals surface area contributed by atoms with Crippen LogP contribution >= 0.6 is 0 Å². The molecule has 0 unspecified atom stereocenters. The molecule has 1 amide bonds. The number of hydrogen-bond acceptors (Lipinski definition) is 4. The van der Waals surface area contributed by atoms with Gasteiger partial charge in [-0.1, -0.05) is 0 Å². The fourth-order valence-corrected chi connectivity index (χ4v) is 1.57. The van der Waals surface area contributed by atoms with Gasteiger partial charge < -0.3 is 11.5 Å². The summed E-state index contributed by atoms with van der Waals surface area (Å²) in [5.41, 5.74) is 12.5. The van der Waals surface area contributed by atoms with Crippen molar-refractivity contribution in [1.82, 2.24) is 9.97 Å². The minimum Gasteiger partial charge on any atom is -0.368 e. The molecule has 0 aromatic carbocycles. The highest BCUT2D eigenvalue weighted by molar-refractivity contribution is 5.92. The van der Waals surface area contributed by atoms with Gasteiger partial charge >= 0.3 is 0 Å². The first-order chi connectivity index (χ1) is 6.68. The molecule has 0 aliphatic heterocycles. The highest BCUT2D eigenvalue weighted by Gasteiger charge is 2.19. The molecule has 0 saturated carbocycles. The molecule has 0 bridgehead atoms. The first kappa shape index (κ1) is 8.93. The summed E-state index contributed by atoms with van der Waals surface area (Å²) in [4.78, 5) is 19.0. The second-order valence-corrected chi connectivity index (χ2v) is 3.15. The predicted octanol–water partition coefficient (Wildman–Crippen LogP) is -0.272. The smallest absolute Gasteiger partial charge is 0.267 e. The van der Waals surface area contributed by atoms with E-state index < -0.39 is 5.91 Å². The fourth-order valence-electron chi connectivity index (χ4n) is 1.57. The molecule has 0 fully saturated rings. The number of nitrogen functional groups attached to an aromatic ring is 1. The third-order valence-corrected chi connectivity index (χ3v) is 2.18. The Morgan fingerprint density at radius 2 is 2.21 bits per heavy atom. The molecule has 2 rings (SSSR count). The molecule has 0 atom stereocenters. The van der Waals surface area contributed by atoms with E-state index in [1.807, 2.05) is 0 Å². The molecular formula is C9H10N4O. The van der Waals surface area contributed by atoms with Crippen LogP contribution < -0.4 is 11.5 Å². The minimum absolute atomic E-state index is 0.111. The van der Waals surface area contributed by atoms with Crippen LogP contribution in [0.1, 0.15) is 28.2 Å². The zero-order valence-corrected chi connectivity index (χ0v) is 7.58. The average Bonchev–Trinajstić information content (AvgIpc) is 2.16. The molecule has 5 heteroatoms. The van der Waals surface area contributed by atoms with Gasteiger partial charge in [0.15, 0.2) is 0 Å². The lowest BCUT2D eigenvalue weighted by Crippen LogP contribution is -2.21. The monoisotopic (exact) mass is 190 g/mol. The Morgan fingerprint density at radius 3 is 2.93 bits per heavy atom. The first-order valence-electron chi connectivity index (χ1n) is 4.34. The topological polar surface area (TPSA) is 94.9 Å². The third-order valence-electron chi connectivity index (χ3n) is 2.18. The lowest BCUT2D eigenvalue weighted by atomic mass is 9.94. The number of primary amides is 1. The SMILES string of the molecule is NC(=O)c1nc(N)nc2c1C[C]CC2. The van der Waals surface area contributed by atoms with E-state index in [0.717, 1.165) is 24.1 Å². The average molecular weight is 190 g/mol. The Labute approximate surface area is 81.5 Å². The maximum absolute atomic E-state index is 11.1. The van der Waals surface area contributed by atoms with Crippen molar-refractivity contribution in [2.24, 2.45) is 5.73 Å². The number of hydrogen-bond donors (Lipinski definition) is 2. The van der Waals surface area contributed by atoms with E-state index in [4.69, 9.17) is 11.5 Å². The summed E-state index contributed by atoms with van der Waals surface area (Å²) in [5.74, 6) is -0.446. The van der Waals surface area contributed by atoms with Crippen molar-refractivity contribution in [3.63, 3.8) is 0 Å². The summed E-state index contributed by atoms with van der Waals surface area (Å²) in [6, 6.07) is 0. The van der Waals surface area contributed by atoms with Crippen LogP contribution in [0.15, 0.2) is 0 Å². The maximum atomic E-state index is 11.1. The van der Waals surface area contributed by atoms with Crippen LogP contribution in [0.25, 0.3) is 0 Å². The zero-order valence-electron chi connectivity index (χ0n) is 7.58. The van der Waals surface area contributed by atoms with Gasteiger partial charge in [0.2, 0.25) is 5.95 Å². The van der Waals surface area contributed by atoms with E-state index in [2.05, 4.69) is 16.4 Å². The Kier molecular flexibility index (Phi) is 2.07. The number of nitrogens with zero attached hydrogens (tertiary/aromatic N) is 2. The van der Waals surface area contributed by atoms with Gasteiger partial charge in [-0.2, -0.15) is 0 Å². The molecule has 4 N–H and O–H groups in total. The molecule has 1 heterocycles. The van der Waals surface area contributed by atoms with Gasteiger partial charge in [0.05, 0.1) is 0 Å². The van der Waals surface area contributed by atoms with Gasteiger partial charge in [0, 0.05) is 11.3 Å². The Balaban J connectivity index is 2.58. The van der Waals surface area contributed by atoms with Crippen molar-refractivity contribution in [2.75, 3.05) is 5.73 Å². The van der Waals surface area contributed by atoms with E-state index in [1.165, 1.54) is 0 Å². The molecule has 14 heavy (non-hydrogen) atoms.